The molecule has 1 aliphatic rings. The van der Waals surface area contributed by atoms with E-state index in [1.807, 2.05) is 25.1 Å². The van der Waals surface area contributed by atoms with Crippen LogP contribution in [0.3, 0.4) is 0 Å². The maximum absolute atomic E-state index is 13.0. The second-order valence-corrected chi connectivity index (χ2v) is 7.44. The molecule has 1 unspecified atom stereocenters. The first-order valence-corrected chi connectivity index (χ1v) is 9.70. The van der Waals surface area contributed by atoms with Crippen molar-refractivity contribution < 1.29 is 9.53 Å². The van der Waals surface area contributed by atoms with Crippen LogP contribution in [-0.4, -0.2) is 30.0 Å². The number of hydrogen-bond acceptors (Lipinski definition) is 3. The van der Waals surface area contributed by atoms with Gasteiger partial charge in [-0.15, -0.1) is 12.4 Å². The lowest BCUT2D eigenvalue weighted by Crippen LogP contribution is -2.39. The molecule has 0 spiro atoms. The molecule has 5 heteroatoms. The van der Waals surface area contributed by atoms with E-state index < -0.39 is 0 Å². The predicted molar refractivity (Wildman–Crippen MR) is 113 cm³/mol. The molecule has 0 radical (unpaired) electrons. The average Bonchev–Trinajstić information content (AvgIpc) is 3.18. The topological polar surface area (TPSA) is 55.6 Å². The zero-order valence-corrected chi connectivity index (χ0v) is 17.1. The summed E-state index contributed by atoms with van der Waals surface area (Å²) in [6.45, 7) is 2.56. The fourth-order valence-corrected chi connectivity index (χ4v) is 3.97. The van der Waals surface area contributed by atoms with Gasteiger partial charge in [-0.05, 0) is 43.0 Å². The van der Waals surface area contributed by atoms with Crippen LogP contribution in [0.2, 0.25) is 0 Å². The molecule has 0 aromatic heterocycles. The molecule has 4 nitrogen and oxygen atoms in total. The number of fused-ring (bicyclic) bond motifs is 1. The summed E-state index contributed by atoms with van der Waals surface area (Å²) in [5.74, 6) is 1.07. The van der Waals surface area contributed by atoms with Crippen molar-refractivity contribution >= 4 is 29.1 Å². The van der Waals surface area contributed by atoms with E-state index in [9.17, 15) is 4.79 Å². The number of benzene rings is 2. The molecular formula is C22H31ClN2O2. The summed E-state index contributed by atoms with van der Waals surface area (Å²) in [5, 5.41) is 2.34. The van der Waals surface area contributed by atoms with E-state index in [0.717, 1.165) is 36.0 Å². The molecule has 0 bridgehead atoms. The van der Waals surface area contributed by atoms with Crippen molar-refractivity contribution in [1.29, 1.82) is 0 Å². The van der Waals surface area contributed by atoms with Crippen molar-refractivity contribution in [1.82, 2.24) is 4.90 Å². The molecule has 1 atom stereocenters. The van der Waals surface area contributed by atoms with Crippen LogP contribution in [0.4, 0.5) is 0 Å². The van der Waals surface area contributed by atoms with Gasteiger partial charge in [0.15, 0.2) is 0 Å². The van der Waals surface area contributed by atoms with E-state index in [4.69, 9.17) is 10.5 Å². The first kappa shape index (κ1) is 21.5. The Balaban J connectivity index is 0.00000261. The lowest BCUT2D eigenvalue weighted by molar-refractivity contribution is -0.134. The Labute approximate surface area is 168 Å². The fourth-order valence-electron chi connectivity index (χ4n) is 3.97. The van der Waals surface area contributed by atoms with Crippen LogP contribution in [0.15, 0.2) is 36.4 Å². The van der Waals surface area contributed by atoms with E-state index in [1.54, 1.807) is 7.11 Å². The molecule has 1 aliphatic carbocycles. The quantitative estimate of drug-likeness (QED) is 0.747. The number of carbonyl (C=O) groups is 1. The van der Waals surface area contributed by atoms with Crippen LogP contribution in [0.25, 0.3) is 10.8 Å². The van der Waals surface area contributed by atoms with Crippen molar-refractivity contribution in [3.63, 3.8) is 0 Å². The number of rotatable bonds is 7. The van der Waals surface area contributed by atoms with Gasteiger partial charge in [0, 0.05) is 24.1 Å². The molecule has 1 amide bonds. The molecule has 2 aromatic carbocycles. The van der Waals surface area contributed by atoms with E-state index in [-0.39, 0.29) is 24.4 Å². The number of hydrogen-bond donors (Lipinski definition) is 1. The van der Waals surface area contributed by atoms with Gasteiger partial charge < -0.3 is 15.4 Å². The second kappa shape index (κ2) is 9.95. The molecule has 2 aromatic rings. The first-order valence-electron chi connectivity index (χ1n) is 9.70. The van der Waals surface area contributed by atoms with Gasteiger partial charge in [0.25, 0.3) is 0 Å². The van der Waals surface area contributed by atoms with Crippen LogP contribution >= 0.6 is 12.4 Å². The highest BCUT2D eigenvalue weighted by Crippen LogP contribution is 2.32. The van der Waals surface area contributed by atoms with Crippen molar-refractivity contribution in [2.75, 3.05) is 7.11 Å². The molecule has 0 heterocycles. The van der Waals surface area contributed by atoms with Crippen LogP contribution in [0, 0.1) is 0 Å². The summed E-state index contributed by atoms with van der Waals surface area (Å²) in [7, 11) is 1.70. The Bertz CT molecular complexity index is 757. The number of nitrogens with zero attached hydrogens (tertiary/aromatic N) is 1. The maximum atomic E-state index is 13.0. The average molecular weight is 391 g/mol. The SMILES string of the molecule is COc1ccc2ccccc2c1CN(C(=O)CCC(C)N)C1CCCC1.Cl. The molecule has 1 saturated carbocycles. The number of ether oxygens (including phenoxy) is 1. The number of halogens is 1. The number of amides is 1. The normalized spacial score (nSPS) is 15.4. The number of methoxy groups -OCH3 is 1. The Kier molecular flexibility index (Phi) is 7.93. The molecule has 1 fully saturated rings. The van der Waals surface area contributed by atoms with Crippen LogP contribution in [-0.2, 0) is 11.3 Å². The van der Waals surface area contributed by atoms with Gasteiger partial charge >= 0.3 is 0 Å². The van der Waals surface area contributed by atoms with Gasteiger partial charge in [-0.3, -0.25) is 4.79 Å². The maximum Gasteiger partial charge on any atom is 0.223 e. The summed E-state index contributed by atoms with van der Waals surface area (Å²) < 4.78 is 5.64. The van der Waals surface area contributed by atoms with E-state index >= 15 is 0 Å². The van der Waals surface area contributed by atoms with Gasteiger partial charge in [0.05, 0.1) is 13.7 Å². The molecular weight excluding hydrogens is 360 g/mol. The predicted octanol–water partition coefficient (Wildman–Crippen LogP) is 4.67. The van der Waals surface area contributed by atoms with Gasteiger partial charge in [-0.1, -0.05) is 43.2 Å². The Morgan fingerprint density at radius 1 is 1.22 bits per heavy atom. The van der Waals surface area contributed by atoms with Gasteiger partial charge in [-0.2, -0.15) is 0 Å². The van der Waals surface area contributed by atoms with Crippen LogP contribution in [0.5, 0.6) is 5.75 Å². The minimum absolute atomic E-state index is 0. The Hall–Kier alpha value is -1.78. The Morgan fingerprint density at radius 3 is 2.59 bits per heavy atom. The highest BCUT2D eigenvalue weighted by molar-refractivity contribution is 5.88. The largest absolute Gasteiger partial charge is 0.496 e. The fraction of sp³-hybridized carbons (Fsp3) is 0.500. The minimum Gasteiger partial charge on any atom is -0.496 e. The van der Waals surface area contributed by atoms with E-state index in [0.29, 0.717) is 19.0 Å². The number of nitrogens with two attached hydrogens (primary N) is 1. The van der Waals surface area contributed by atoms with Crippen LogP contribution in [0.1, 0.15) is 51.0 Å². The monoisotopic (exact) mass is 390 g/mol. The number of carbonyl (C=O) groups excluding carboxylic acids is 1. The third-order valence-corrected chi connectivity index (χ3v) is 5.45. The highest BCUT2D eigenvalue weighted by atomic mass is 35.5. The first-order chi connectivity index (χ1) is 12.6. The summed E-state index contributed by atoms with van der Waals surface area (Å²) >= 11 is 0. The summed E-state index contributed by atoms with van der Waals surface area (Å²) in [6, 6.07) is 12.8. The van der Waals surface area contributed by atoms with Crippen molar-refractivity contribution in [2.45, 2.75) is 64.1 Å². The molecule has 0 aliphatic heterocycles. The summed E-state index contributed by atoms with van der Waals surface area (Å²) in [4.78, 5) is 15.1. The summed E-state index contributed by atoms with van der Waals surface area (Å²) in [5.41, 5.74) is 6.98. The molecule has 148 valence electrons. The zero-order valence-electron chi connectivity index (χ0n) is 16.3. The molecule has 27 heavy (non-hydrogen) atoms. The van der Waals surface area contributed by atoms with Gasteiger partial charge in [0.2, 0.25) is 5.91 Å². The molecule has 2 N–H and O–H groups in total. The van der Waals surface area contributed by atoms with E-state index in [1.165, 1.54) is 18.2 Å². The lowest BCUT2D eigenvalue weighted by Gasteiger charge is -2.30. The van der Waals surface area contributed by atoms with Crippen LogP contribution < -0.4 is 10.5 Å². The summed E-state index contributed by atoms with van der Waals surface area (Å²) in [6.07, 6.45) is 5.84. The lowest BCUT2D eigenvalue weighted by atomic mass is 10.0. The zero-order chi connectivity index (χ0) is 18.5. The minimum atomic E-state index is 0. The van der Waals surface area contributed by atoms with Gasteiger partial charge in [-0.25, -0.2) is 0 Å². The highest BCUT2D eigenvalue weighted by Gasteiger charge is 2.28. The smallest absolute Gasteiger partial charge is 0.223 e. The van der Waals surface area contributed by atoms with Crippen molar-refractivity contribution in [3.05, 3.63) is 42.0 Å². The van der Waals surface area contributed by atoms with Crippen molar-refractivity contribution in [2.24, 2.45) is 5.73 Å². The third-order valence-electron chi connectivity index (χ3n) is 5.45. The molecule has 3 rings (SSSR count). The van der Waals surface area contributed by atoms with Gasteiger partial charge in [0.1, 0.15) is 5.75 Å². The second-order valence-electron chi connectivity index (χ2n) is 7.44. The standard InChI is InChI=1S/C22H30N2O2.ClH/c1-16(23)11-14-22(25)24(18-8-4-5-9-18)15-20-19-10-6-3-7-17(19)12-13-21(20)26-2;/h3,6-7,10,12-13,16,18H,4-5,8-9,11,14-15,23H2,1-2H3;1H. The van der Waals surface area contributed by atoms with E-state index in [2.05, 4.69) is 23.1 Å². The third kappa shape index (κ3) is 5.14. The molecule has 0 saturated heterocycles. The Morgan fingerprint density at radius 2 is 1.93 bits per heavy atom. The van der Waals surface area contributed by atoms with Crippen molar-refractivity contribution in [3.8, 4) is 5.75 Å².